The SMILES string of the molecule is C=CCOc1ccc(/C=C2\SC(=Nc3cccc(C(=O)O)c3)N(CC)C2=O)cc1OC. The number of hydrogen-bond acceptors (Lipinski definition) is 6. The number of methoxy groups -OCH3 is 1. The van der Waals surface area contributed by atoms with E-state index in [2.05, 4.69) is 11.6 Å². The number of ether oxygens (including phenoxy) is 2. The van der Waals surface area contributed by atoms with E-state index in [1.54, 1.807) is 48.4 Å². The maximum absolute atomic E-state index is 12.9. The van der Waals surface area contributed by atoms with Crippen molar-refractivity contribution in [1.82, 2.24) is 4.90 Å². The van der Waals surface area contributed by atoms with E-state index in [9.17, 15) is 14.7 Å². The normalized spacial score (nSPS) is 16.1. The smallest absolute Gasteiger partial charge is 0.335 e. The lowest BCUT2D eigenvalue weighted by Gasteiger charge is -2.12. The van der Waals surface area contributed by atoms with Crippen LogP contribution in [0.1, 0.15) is 22.8 Å². The van der Waals surface area contributed by atoms with Gasteiger partial charge in [0, 0.05) is 6.54 Å². The number of thioether (sulfide) groups is 1. The predicted molar refractivity (Wildman–Crippen MR) is 122 cm³/mol. The molecular weight excluding hydrogens is 416 g/mol. The lowest BCUT2D eigenvalue weighted by atomic mass is 10.2. The van der Waals surface area contributed by atoms with Crippen LogP contribution < -0.4 is 9.47 Å². The Morgan fingerprint density at radius 3 is 2.74 bits per heavy atom. The molecule has 1 N–H and O–H groups in total. The molecule has 1 aliphatic heterocycles. The van der Waals surface area contributed by atoms with Crippen molar-refractivity contribution in [3.05, 3.63) is 71.2 Å². The summed E-state index contributed by atoms with van der Waals surface area (Å²) in [6.45, 7) is 6.29. The van der Waals surface area contributed by atoms with Crippen molar-refractivity contribution in [1.29, 1.82) is 0 Å². The van der Waals surface area contributed by atoms with Gasteiger partial charge >= 0.3 is 5.97 Å². The van der Waals surface area contributed by atoms with Crippen LogP contribution >= 0.6 is 11.8 Å². The number of hydrogen-bond donors (Lipinski definition) is 1. The fraction of sp³-hybridized carbons (Fsp3) is 0.174. The van der Waals surface area contributed by atoms with E-state index in [4.69, 9.17) is 9.47 Å². The van der Waals surface area contributed by atoms with E-state index in [1.165, 1.54) is 23.9 Å². The molecule has 1 heterocycles. The summed E-state index contributed by atoms with van der Waals surface area (Å²) in [6.07, 6.45) is 3.42. The third-order valence-electron chi connectivity index (χ3n) is 4.36. The maximum atomic E-state index is 12.9. The highest BCUT2D eigenvalue weighted by Crippen LogP contribution is 2.35. The number of carbonyl (C=O) groups excluding carboxylic acids is 1. The van der Waals surface area contributed by atoms with Crippen LogP contribution in [0.25, 0.3) is 6.08 Å². The summed E-state index contributed by atoms with van der Waals surface area (Å²) < 4.78 is 10.9. The monoisotopic (exact) mass is 438 g/mol. The number of likely N-dealkylation sites (N-methyl/N-ethyl adjacent to an activating group) is 1. The predicted octanol–water partition coefficient (Wildman–Crippen LogP) is 4.58. The van der Waals surface area contributed by atoms with Crippen LogP contribution in [0.15, 0.2) is 65.0 Å². The van der Waals surface area contributed by atoms with Crippen LogP contribution in [0.3, 0.4) is 0 Å². The summed E-state index contributed by atoms with van der Waals surface area (Å²) in [5.41, 5.74) is 1.39. The fourth-order valence-corrected chi connectivity index (χ4v) is 3.94. The van der Waals surface area contributed by atoms with Crippen LogP contribution in [0.4, 0.5) is 5.69 Å². The van der Waals surface area contributed by atoms with Crippen molar-refractivity contribution in [2.45, 2.75) is 6.92 Å². The van der Waals surface area contributed by atoms with Gasteiger partial charge in [-0.1, -0.05) is 24.8 Å². The van der Waals surface area contributed by atoms with Gasteiger partial charge in [0.15, 0.2) is 16.7 Å². The fourth-order valence-electron chi connectivity index (χ4n) is 2.88. The van der Waals surface area contributed by atoms with E-state index < -0.39 is 5.97 Å². The van der Waals surface area contributed by atoms with E-state index in [1.807, 2.05) is 13.0 Å². The molecule has 7 nitrogen and oxygen atoms in total. The Labute approximate surface area is 184 Å². The molecule has 1 saturated heterocycles. The average molecular weight is 439 g/mol. The standard InChI is InChI=1S/C23H22N2O5S/c1-4-11-30-18-10-9-15(12-19(18)29-3)13-20-21(26)25(5-2)23(31-20)24-17-8-6-7-16(14-17)22(27)28/h4,6-10,12-14H,1,5,11H2,2-3H3,(H,27,28)/b20-13-,24-23?. The van der Waals surface area contributed by atoms with Gasteiger partial charge in [-0.2, -0.15) is 0 Å². The van der Waals surface area contributed by atoms with Crippen molar-refractivity contribution in [3.8, 4) is 11.5 Å². The minimum absolute atomic E-state index is 0.140. The summed E-state index contributed by atoms with van der Waals surface area (Å²) >= 11 is 1.24. The van der Waals surface area contributed by atoms with Crippen LogP contribution in [0, 0.1) is 0 Å². The molecule has 0 aromatic heterocycles. The molecule has 0 spiro atoms. The first-order valence-corrected chi connectivity index (χ1v) is 10.3. The van der Waals surface area contributed by atoms with Gasteiger partial charge in [-0.05, 0) is 60.7 Å². The summed E-state index contributed by atoms with van der Waals surface area (Å²) in [4.78, 5) is 30.6. The van der Waals surface area contributed by atoms with Crippen LogP contribution in [-0.2, 0) is 4.79 Å². The first kappa shape index (κ1) is 22.2. The van der Waals surface area contributed by atoms with Gasteiger partial charge in [0.25, 0.3) is 5.91 Å². The molecule has 0 aliphatic carbocycles. The number of carboxylic acids is 1. The van der Waals surface area contributed by atoms with Gasteiger partial charge in [0.1, 0.15) is 6.61 Å². The highest BCUT2D eigenvalue weighted by Gasteiger charge is 2.32. The average Bonchev–Trinajstić information content (AvgIpc) is 3.06. The number of aliphatic imine (C=N–C) groups is 1. The molecule has 1 fully saturated rings. The molecule has 8 heteroatoms. The number of aromatic carboxylic acids is 1. The number of amidine groups is 1. The molecule has 0 radical (unpaired) electrons. The molecule has 1 amide bonds. The van der Waals surface area contributed by atoms with Gasteiger partial charge < -0.3 is 14.6 Å². The van der Waals surface area contributed by atoms with Gasteiger partial charge in [0.2, 0.25) is 0 Å². The Kier molecular flexibility index (Phi) is 7.15. The number of carboxylic acid groups (broad SMARTS) is 1. The number of carbonyl (C=O) groups is 2. The molecule has 1 aliphatic rings. The molecule has 160 valence electrons. The Morgan fingerprint density at radius 1 is 1.26 bits per heavy atom. The zero-order chi connectivity index (χ0) is 22.4. The summed E-state index contributed by atoms with van der Waals surface area (Å²) in [5, 5.41) is 9.67. The van der Waals surface area contributed by atoms with Crippen molar-refractivity contribution in [3.63, 3.8) is 0 Å². The zero-order valence-electron chi connectivity index (χ0n) is 17.2. The van der Waals surface area contributed by atoms with Gasteiger partial charge in [-0.3, -0.25) is 9.69 Å². The molecule has 3 rings (SSSR count). The van der Waals surface area contributed by atoms with E-state index >= 15 is 0 Å². The first-order valence-electron chi connectivity index (χ1n) is 9.52. The minimum atomic E-state index is -1.03. The number of nitrogens with zero attached hydrogens (tertiary/aromatic N) is 2. The highest BCUT2D eigenvalue weighted by molar-refractivity contribution is 8.18. The molecule has 0 unspecified atom stereocenters. The molecule has 2 aromatic carbocycles. The second kappa shape index (κ2) is 9.99. The van der Waals surface area contributed by atoms with Crippen molar-refractivity contribution in [2.24, 2.45) is 4.99 Å². The lowest BCUT2D eigenvalue weighted by Crippen LogP contribution is -2.28. The van der Waals surface area contributed by atoms with Crippen LogP contribution in [0.5, 0.6) is 11.5 Å². The number of amides is 1. The number of benzene rings is 2. The molecule has 0 saturated carbocycles. The molecular formula is C23H22N2O5S. The largest absolute Gasteiger partial charge is 0.493 e. The second-order valence-corrected chi connectivity index (χ2v) is 7.43. The van der Waals surface area contributed by atoms with Crippen molar-refractivity contribution >= 4 is 40.6 Å². The maximum Gasteiger partial charge on any atom is 0.335 e. The minimum Gasteiger partial charge on any atom is -0.493 e. The van der Waals surface area contributed by atoms with E-state index in [0.717, 1.165) is 5.56 Å². The zero-order valence-corrected chi connectivity index (χ0v) is 18.0. The van der Waals surface area contributed by atoms with Crippen molar-refractivity contribution < 1.29 is 24.2 Å². The molecule has 31 heavy (non-hydrogen) atoms. The summed E-state index contributed by atoms with van der Waals surface area (Å²) in [7, 11) is 1.55. The summed E-state index contributed by atoms with van der Waals surface area (Å²) in [6, 6.07) is 11.7. The topological polar surface area (TPSA) is 88.4 Å². The Morgan fingerprint density at radius 2 is 2.06 bits per heavy atom. The number of rotatable bonds is 8. The second-order valence-electron chi connectivity index (χ2n) is 6.42. The summed E-state index contributed by atoms with van der Waals surface area (Å²) in [5.74, 6) is -0.0461. The quantitative estimate of drug-likeness (QED) is 0.479. The van der Waals surface area contributed by atoms with Crippen LogP contribution in [-0.4, -0.2) is 47.3 Å². The Hall–Kier alpha value is -3.52. The highest BCUT2D eigenvalue weighted by atomic mass is 32.2. The Bertz CT molecular complexity index is 1080. The van der Waals surface area contributed by atoms with Gasteiger partial charge in [0.05, 0.1) is 23.3 Å². The van der Waals surface area contributed by atoms with E-state index in [0.29, 0.717) is 40.4 Å². The lowest BCUT2D eigenvalue weighted by molar-refractivity contribution is -0.122. The molecule has 0 atom stereocenters. The van der Waals surface area contributed by atoms with Gasteiger partial charge in [-0.15, -0.1) is 0 Å². The first-order chi connectivity index (χ1) is 15.0. The third kappa shape index (κ3) is 5.16. The van der Waals surface area contributed by atoms with Crippen LogP contribution in [0.2, 0.25) is 0 Å². The van der Waals surface area contributed by atoms with Crippen molar-refractivity contribution in [2.75, 3.05) is 20.3 Å². The Balaban J connectivity index is 1.90. The van der Waals surface area contributed by atoms with Gasteiger partial charge in [-0.25, -0.2) is 9.79 Å². The molecule has 2 aromatic rings. The van der Waals surface area contributed by atoms with E-state index in [-0.39, 0.29) is 11.5 Å². The third-order valence-corrected chi connectivity index (χ3v) is 5.37. The molecule has 0 bridgehead atoms.